The molecule has 2 N–H and O–H groups in total. The molecule has 6 heteroatoms. The third kappa shape index (κ3) is 4.79. The minimum absolute atomic E-state index is 0.198. The lowest BCUT2D eigenvalue weighted by molar-refractivity contribution is 0.0338. The first kappa shape index (κ1) is 15.9. The number of benzene rings is 1. The molecular formula is C14H19Cl2NO3. The fourth-order valence-electron chi connectivity index (χ4n) is 2.21. The van der Waals surface area contributed by atoms with E-state index in [1.54, 1.807) is 18.2 Å². The van der Waals surface area contributed by atoms with Gasteiger partial charge in [0.25, 0.3) is 0 Å². The molecule has 1 fully saturated rings. The van der Waals surface area contributed by atoms with Crippen LogP contribution >= 0.6 is 23.2 Å². The van der Waals surface area contributed by atoms with E-state index in [1.165, 1.54) is 0 Å². The first-order chi connectivity index (χ1) is 9.54. The molecule has 0 aromatic heterocycles. The third-order valence-electron chi connectivity index (χ3n) is 3.36. The summed E-state index contributed by atoms with van der Waals surface area (Å²) in [5, 5.41) is 20.3. The van der Waals surface area contributed by atoms with Crippen LogP contribution in [-0.2, 0) is 0 Å². The number of ether oxygens (including phenoxy) is 1. The Morgan fingerprint density at radius 2 is 1.95 bits per heavy atom. The van der Waals surface area contributed by atoms with Gasteiger partial charge in [0.05, 0.1) is 16.1 Å². The van der Waals surface area contributed by atoms with E-state index >= 15 is 0 Å². The lowest BCUT2D eigenvalue weighted by Gasteiger charge is -2.30. The van der Waals surface area contributed by atoms with Crippen molar-refractivity contribution in [3.8, 4) is 5.75 Å². The number of hydrogen-bond acceptors (Lipinski definition) is 4. The molecule has 1 saturated heterocycles. The van der Waals surface area contributed by atoms with Crippen molar-refractivity contribution in [3.05, 3.63) is 28.2 Å². The molecule has 1 aliphatic heterocycles. The van der Waals surface area contributed by atoms with Crippen molar-refractivity contribution in [2.75, 3.05) is 26.2 Å². The van der Waals surface area contributed by atoms with Gasteiger partial charge in [-0.05, 0) is 25.0 Å². The predicted octanol–water partition coefficient (Wildman–Crippen LogP) is 2.19. The molecule has 1 aliphatic rings. The Balaban J connectivity index is 1.74. The number of piperidine rings is 1. The van der Waals surface area contributed by atoms with Gasteiger partial charge < -0.3 is 19.8 Å². The molecule has 1 aromatic carbocycles. The summed E-state index contributed by atoms with van der Waals surface area (Å²) in [7, 11) is 0. The highest BCUT2D eigenvalue weighted by Gasteiger charge is 2.19. The summed E-state index contributed by atoms with van der Waals surface area (Å²) < 4.78 is 5.50. The van der Waals surface area contributed by atoms with E-state index in [-0.39, 0.29) is 12.7 Å². The highest BCUT2D eigenvalue weighted by atomic mass is 35.5. The lowest BCUT2D eigenvalue weighted by Crippen LogP contribution is -2.41. The second kappa shape index (κ2) is 7.48. The van der Waals surface area contributed by atoms with Gasteiger partial charge in [0.1, 0.15) is 18.5 Å². The van der Waals surface area contributed by atoms with Crippen LogP contribution in [0.2, 0.25) is 10.0 Å². The van der Waals surface area contributed by atoms with E-state index < -0.39 is 6.10 Å². The van der Waals surface area contributed by atoms with Gasteiger partial charge in [0, 0.05) is 25.7 Å². The average Bonchev–Trinajstić information content (AvgIpc) is 2.43. The van der Waals surface area contributed by atoms with E-state index in [0.29, 0.717) is 22.3 Å². The SMILES string of the molecule is OC1CCN(C[C@H](O)COc2ccc(Cl)c(Cl)c2)CC1. The van der Waals surface area contributed by atoms with Crippen LogP contribution in [0.1, 0.15) is 12.8 Å². The van der Waals surface area contributed by atoms with Crippen molar-refractivity contribution in [1.82, 2.24) is 4.90 Å². The molecule has 1 heterocycles. The Labute approximate surface area is 128 Å². The number of likely N-dealkylation sites (tertiary alicyclic amines) is 1. The summed E-state index contributed by atoms with van der Waals surface area (Å²) in [6.07, 6.45) is 0.761. The van der Waals surface area contributed by atoms with Crippen LogP contribution < -0.4 is 4.74 Å². The van der Waals surface area contributed by atoms with E-state index in [4.69, 9.17) is 27.9 Å². The zero-order valence-corrected chi connectivity index (χ0v) is 12.6. The van der Waals surface area contributed by atoms with Crippen molar-refractivity contribution in [3.63, 3.8) is 0 Å². The Hall–Kier alpha value is -0.520. The number of nitrogens with zero attached hydrogens (tertiary/aromatic N) is 1. The monoisotopic (exact) mass is 319 g/mol. The molecule has 0 bridgehead atoms. The molecule has 0 unspecified atom stereocenters. The Kier molecular flexibility index (Phi) is 5.93. The summed E-state index contributed by atoms with van der Waals surface area (Å²) in [5.41, 5.74) is 0. The molecule has 112 valence electrons. The second-order valence-corrected chi connectivity index (χ2v) is 5.89. The van der Waals surface area contributed by atoms with Gasteiger partial charge in [-0.15, -0.1) is 0 Å². The summed E-state index contributed by atoms with van der Waals surface area (Å²) >= 11 is 11.7. The number of halogens is 2. The molecule has 1 atom stereocenters. The van der Waals surface area contributed by atoms with Crippen LogP contribution in [-0.4, -0.2) is 53.6 Å². The summed E-state index contributed by atoms with van der Waals surface area (Å²) in [6, 6.07) is 5.02. The largest absolute Gasteiger partial charge is 0.491 e. The summed E-state index contributed by atoms with van der Waals surface area (Å²) in [5.74, 6) is 0.590. The zero-order valence-electron chi connectivity index (χ0n) is 11.1. The predicted molar refractivity (Wildman–Crippen MR) is 79.6 cm³/mol. The van der Waals surface area contributed by atoms with Crippen molar-refractivity contribution in [2.45, 2.75) is 25.0 Å². The van der Waals surface area contributed by atoms with Gasteiger partial charge in [0.2, 0.25) is 0 Å². The van der Waals surface area contributed by atoms with Crippen molar-refractivity contribution >= 4 is 23.2 Å². The van der Waals surface area contributed by atoms with Crippen LogP contribution in [0.25, 0.3) is 0 Å². The van der Waals surface area contributed by atoms with Crippen LogP contribution in [0.5, 0.6) is 5.75 Å². The molecule has 4 nitrogen and oxygen atoms in total. The summed E-state index contributed by atoms with van der Waals surface area (Å²) in [4.78, 5) is 2.13. The first-order valence-electron chi connectivity index (χ1n) is 6.71. The minimum Gasteiger partial charge on any atom is -0.491 e. The Bertz CT molecular complexity index is 436. The van der Waals surface area contributed by atoms with Gasteiger partial charge in [-0.2, -0.15) is 0 Å². The number of β-amino-alcohol motifs (C(OH)–C–C–N with tert-alkyl or cyclic N) is 1. The smallest absolute Gasteiger partial charge is 0.121 e. The molecular weight excluding hydrogens is 301 g/mol. The highest BCUT2D eigenvalue weighted by Crippen LogP contribution is 2.26. The van der Waals surface area contributed by atoms with Gasteiger partial charge in [-0.25, -0.2) is 0 Å². The van der Waals surface area contributed by atoms with Gasteiger partial charge in [-0.3, -0.25) is 0 Å². The van der Waals surface area contributed by atoms with E-state index in [2.05, 4.69) is 4.90 Å². The quantitative estimate of drug-likeness (QED) is 0.873. The minimum atomic E-state index is -0.570. The third-order valence-corrected chi connectivity index (χ3v) is 4.10. The standard InChI is InChI=1S/C14H19Cl2NO3/c15-13-2-1-12(7-14(13)16)20-9-11(19)8-17-5-3-10(18)4-6-17/h1-2,7,10-11,18-19H,3-6,8-9H2/t11-/m0/s1. The summed E-state index contributed by atoms with van der Waals surface area (Å²) in [6.45, 7) is 2.38. The Morgan fingerprint density at radius 3 is 2.60 bits per heavy atom. The van der Waals surface area contributed by atoms with Crippen LogP contribution in [0, 0.1) is 0 Å². The van der Waals surface area contributed by atoms with Crippen LogP contribution in [0.4, 0.5) is 0 Å². The second-order valence-electron chi connectivity index (χ2n) is 5.07. The molecule has 0 aliphatic carbocycles. The number of rotatable bonds is 5. The maximum atomic E-state index is 9.96. The number of hydrogen-bond donors (Lipinski definition) is 2. The average molecular weight is 320 g/mol. The fraction of sp³-hybridized carbons (Fsp3) is 0.571. The van der Waals surface area contributed by atoms with Crippen molar-refractivity contribution < 1.29 is 14.9 Å². The molecule has 20 heavy (non-hydrogen) atoms. The molecule has 0 radical (unpaired) electrons. The number of aliphatic hydroxyl groups is 2. The number of aliphatic hydroxyl groups excluding tert-OH is 2. The lowest BCUT2D eigenvalue weighted by atomic mass is 10.1. The van der Waals surface area contributed by atoms with Gasteiger partial charge in [0.15, 0.2) is 0 Å². The molecule has 0 saturated carbocycles. The molecule has 1 aromatic rings. The highest BCUT2D eigenvalue weighted by molar-refractivity contribution is 6.42. The topological polar surface area (TPSA) is 52.9 Å². The molecule has 2 rings (SSSR count). The van der Waals surface area contributed by atoms with Gasteiger partial charge >= 0.3 is 0 Å². The van der Waals surface area contributed by atoms with Crippen LogP contribution in [0.15, 0.2) is 18.2 Å². The maximum absolute atomic E-state index is 9.96. The maximum Gasteiger partial charge on any atom is 0.121 e. The normalized spacial score (nSPS) is 19.0. The zero-order chi connectivity index (χ0) is 14.5. The van der Waals surface area contributed by atoms with E-state index in [0.717, 1.165) is 25.9 Å². The molecule has 0 spiro atoms. The fourth-order valence-corrected chi connectivity index (χ4v) is 2.50. The van der Waals surface area contributed by atoms with Crippen molar-refractivity contribution in [2.24, 2.45) is 0 Å². The van der Waals surface area contributed by atoms with Gasteiger partial charge in [-0.1, -0.05) is 23.2 Å². The van der Waals surface area contributed by atoms with E-state index in [1.807, 2.05) is 0 Å². The Morgan fingerprint density at radius 1 is 1.25 bits per heavy atom. The van der Waals surface area contributed by atoms with Crippen LogP contribution in [0.3, 0.4) is 0 Å². The first-order valence-corrected chi connectivity index (χ1v) is 7.46. The van der Waals surface area contributed by atoms with Crippen molar-refractivity contribution in [1.29, 1.82) is 0 Å². The van der Waals surface area contributed by atoms with E-state index in [9.17, 15) is 10.2 Å². The molecule has 0 amide bonds.